The summed E-state index contributed by atoms with van der Waals surface area (Å²) >= 11 is 0. The zero-order valence-corrected chi connectivity index (χ0v) is 4.28. The molecule has 0 aliphatic rings. The van der Waals surface area contributed by atoms with Crippen LogP contribution in [0.3, 0.4) is 0 Å². The lowest BCUT2D eigenvalue weighted by molar-refractivity contribution is 1.64. The van der Waals surface area contributed by atoms with Crippen molar-refractivity contribution in [1.82, 2.24) is 0 Å². The van der Waals surface area contributed by atoms with E-state index >= 15 is 0 Å². The summed E-state index contributed by atoms with van der Waals surface area (Å²) < 4.78 is 0. The summed E-state index contributed by atoms with van der Waals surface area (Å²) in [5.74, 6) is 0.875. The smallest absolute Gasteiger partial charge is 0.0212 e. The lowest BCUT2D eigenvalue weighted by Gasteiger charge is -1.55. The molecule has 1 unspecified atom stereocenters. The maximum absolute atomic E-state index is 6.40. The van der Waals surface area contributed by atoms with Crippen LogP contribution in [0.4, 0.5) is 0 Å². The first kappa shape index (κ1) is 4.53. The fourth-order valence-electron chi connectivity index (χ4n) is 0. The van der Waals surface area contributed by atoms with Gasteiger partial charge in [-0.1, -0.05) is 0 Å². The first-order chi connectivity index (χ1) is 1.91. The van der Waals surface area contributed by atoms with Crippen molar-refractivity contribution in [2.24, 2.45) is 0 Å². The largest absolute Gasteiger partial charge is 0.284 e. The minimum atomic E-state index is 0.711. The average molecular weight is 93.0 g/mol. The van der Waals surface area contributed by atoms with Crippen LogP contribution in [0.5, 0.6) is 0 Å². The summed E-state index contributed by atoms with van der Waals surface area (Å²) in [6.07, 6.45) is 0. The van der Waals surface area contributed by atoms with Gasteiger partial charge in [0, 0.05) is 14.3 Å². The summed E-state index contributed by atoms with van der Waals surface area (Å²) in [4.78, 5) is 0. The molecule has 0 radical (unpaired) electrons. The summed E-state index contributed by atoms with van der Waals surface area (Å²) in [5.41, 5.74) is 0. The van der Waals surface area contributed by atoms with E-state index < -0.39 is 0 Å². The molecule has 0 rings (SSSR count). The standard InChI is InChI=1S/CH5NP2/c2-4-1-3/h2H,1,3H2. The van der Waals surface area contributed by atoms with Crippen LogP contribution in [0.2, 0.25) is 0 Å². The van der Waals surface area contributed by atoms with Gasteiger partial charge < -0.3 is 0 Å². The Hall–Kier alpha value is 0.530. The molecule has 0 aromatic heterocycles. The second kappa shape index (κ2) is 3.53. The monoisotopic (exact) mass is 93.0 g/mol. The summed E-state index contributed by atoms with van der Waals surface area (Å²) in [7, 11) is 3.17. The van der Waals surface area contributed by atoms with Crippen molar-refractivity contribution in [3.63, 3.8) is 0 Å². The first-order valence-electron chi connectivity index (χ1n) is 0.948. The molecule has 0 fully saturated rings. The quantitative estimate of drug-likeness (QED) is 0.475. The van der Waals surface area contributed by atoms with E-state index in [1.807, 2.05) is 0 Å². The summed E-state index contributed by atoms with van der Waals surface area (Å²) in [5, 5.41) is 6.40. The van der Waals surface area contributed by atoms with Crippen LogP contribution in [0.1, 0.15) is 0 Å². The van der Waals surface area contributed by atoms with Crippen molar-refractivity contribution < 1.29 is 0 Å². The van der Waals surface area contributed by atoms with Crippen molar-refractivity contribution in [2.75, 3.05) is 5.90 Å². The van der Waals surface area contributed by atoms with Gasteiger partial charge in [-0.05, 0) is 0 Å². The molecule has 0 spiro atoms. The molecule has 0 amide bonds. The van der Waals surface area contributed by atoms with Crippen LogP contribution >= 0.6 is 17.6 Å². The molecule has 0 bridgehead atoms. The van der Waals surface area contributed by atoms with Gasteiger partial charge in [0.15, 0.2) is 0 Å². The highest BCUT2D eigenvalue weighted by molar-refractivity contribution is 7.40. The average Bonchev–Trinajstić information content (AvgIpc) is 1.37. The second-order valence-corrected chi connectivity index (χ2v) is 2.12. The van der Waals surface area contributed by atoms with Gasteiger partial charge in [-0.2, -0.15) is 0 Å². The van der Waals surface area contributed by atoms with Crippen LogP contribution in [0.25, 0.3) is 0 Å². The lowest BCUT2D eigenvalue weighted by Crippen LogP contribution is -1.25. The molecule has 0 aliphatic carbocycles. The second-order valence-electron chi connectivity index (χ2n) is 0.341. The zero-order valence-electron chi connectivity index (χ0n) is 2.23. The number of rotatable bonds is 1. The van der Waals surface area contributed by atoms with E-state index in [0.29, 0.717) is 8.37 Å². The third-order valence-electron chi connectivity index (χ3n) is 0.0913. The van der Waals surface area contributed by atoms with Gasteiger partial charge in [-0.3, -0.25) is 5.16 Å². The topological polar surface area (TPSA) is 23.9 Å². The summed E-state index contributed by atoms with van der Waals surface area (Å²) in [6.45, 7) is 0. The molecule has 0 heterocycles. The fraction of sp³-hybridized carbons (Fsp3) is 1.00. The fourth-order valence-corrected chi connectivity index (χ4v) is 0. The molecular formula is CH5NP2. The SMILES string of the molecule is N=PCP. The molecule has 0 aliphatic heterocycles. The Bertz CT molecular complexity index is 20.0. The van der Waals surface area contributed by atoms with Crippen molar-refractivity contribution >= 4 is 17.6 Å². The molecular weight excluding hydrogens is 88.0 g/mol. The molecule has 0 saturated heterocycles. The van der Waals surface area contributed by atoms with Gasteiger partial charge in [0.1, 0.15) is 0 Å². The minimum absolute atomic E-state index is 0.711. The number of hydrogen-bond acceptors (Lipinski definition) is 1. The highest BCUT2D eigenvalue weighted by atomic mass is 31.1. The van der Waals surface area contributed by atoms with Gasteiger partial charge >= 0.3 is 0 Å². The highest BCUT2D eigenvalue weighted by Crippen LogP contribution is 1.95. The zero-order chi connectivity index (χ0) is 3.41. The van der Waals surface area contributed by atoms with Crippen LogP contribution < -0.4 is 0 Å². The van der Waals surface area contributed by atoms with Crippen LogP contribution in [-0.4, -0.2) is 5.90 Å². The Morgan fingerprint density at radius 2 is 2.25 bits per heavy atom. The maximum atomic E-state index is 6.40. The molecule has 1 atom stereocenters. The van der Waals surface area contributed by atoms with Crippen LogP contribution in [0, 0.1) is 5.16 Å². The molecule has 4 heavy (non-hydrogen) atoms. The van der Waals surface area contributed by atoms with E-state index in [2.05, 4.69) is 9.24 Å². The summed E-state index contributed by atoms with van der Waals surface area (Å²) in [6, 6.07) is 0. The van der Waals surface area contributed by atoms with Gasteiger partial charge in [-0.15, -0.1) is 9.24 Å². The Labute approximate surface area is 29.7 Å². The van der Waals surface area contributed by atoms with E-state index in [9.17, 15) is 0 Å². The molecule has 0 aromatic carbocycles. The first-order valence-corrected chi connectivity index (χ1v) is 2.84. The predicted octanol–water partition coefficient (Wildman–Crippen LogP) is 1.53. The van der Waals surface area contributed by atoms with Gasteiger partial charge in [-0.25, -0.2) is 0 Å². The van der Waals surface area contributed by atoms with Crippen molar-refractivity contribution in [3.05, 3.63) is 0 Å². The third kappa shape index (κ3) is 2.53. The van der Waals surface area contributed by atoms with Crippen molar-refractivity contribution in [1.29, 1.82) is 5.16 Å². The number of hydrogen-bond donors (Lipinski definition) is 1. The Morgan fingerprint density at radius 1 is 2.00 bits per heavy atom. The molecule has 0 saturated carbocycles. The van der Waals surface area contributed by atoms with Gasteiger partial charge in [0.25, 0.3) is 0 Å². The number of nitrogens with one attached hydrogen (secondary N) is 1. The minimum Gasteiger partial charge on any atom is -0.284 e. The highest BCUT2D eigenvalue weighted by Gasteiger charge is 1.48. The van der Waals surface area contributed by atoms with E-state index in [4.69, 9.17) is 5.16 Å². The third-order valence-corrected chi connectivity index (χ3v) is 0.822. The molecule has 1 N–H and O–H groups in total. The van der Waals surface area contributed by atoms with E-state index in [1.165, 1.54) is 0 Å². The van der Waals surface area contributed by atoms with Crippen LogP contribution in [-0.2, 0) is 0 Å². The van der Waals surface area contributed by atoms with E-state index in [-0.39, 0.29) is 0 Å². The Balaban J connectivity index is 2.30. The molecule has 0 aromatic rings. The molecule has 1 nitrogen and oxygen atoms in total. The van der Waals surface area contributed by atoms with Crippen molar-refractivity contribution in [2.45, 2.75) is 0 Å². The predicted molar refractivity (Wildman–Crippen MR) is 24.2 cm³/mol. The van der Waals surface area contributed by atoms with E-state index in [1.54, 1.807) is 0 Å². The molecule has 3 heteroatoms. The van der Waals surface area contributed by atoms with Gasteiger partial charge in [0.2, 0.25) is 0 Å². The van der Waals surface area contributed by atoms with Gasteiger partial charge in [0.05, 0.1) is 0 Å². The maximum Gasteiger partial charge on any atom is 0.0212 e. The Kier molecular flexibility index (Phi) is 4.00. The van der Waals surface area contributed by atoms with E-state index in [0.717, 1.165) is 5.90 Å². The molecule has 24 valence electrons. The van der Waals surface area contributed by atoms with Crippen molar-refractivity contribution in [3.8, 4) is 0 Å². The Morgan fingerprint density at radius 3 is 2.25 bits per heavy atom. The van der Waals surface area contributed by atoms with Crippen LogP contribution in [0.15, 0.2) is 0 Å². The normalized spacial score (nSPS) is 8.25. The lowest BCUT2D eigenvalue weighted by atomic mass is 11.9.